The maximum atomic E-state index is 12.5. The monoisotopic (exact) mass is 433 g/mol. The average molecular weight is 434 g/mol. The fourth-order valence-electron chi connectivity index (χ4n) is 3.96. The Morgan fingerprint density at radius 3 is 2.38 bits per heavy atom. The molecule has 0 saturated carbocycles. The number of carbonyl (C=O) groups is 1. The van der Waals surface area contributed by atoms with Gasteiger partial charge in [-0.05, 0) is 62.3 Å². The fourth-order valence-corrected chi connectivity index (χ4v) is 3.96. The lowest BCUT2D eigenvalue weighted by atomic mass is 10.1. The van der Waals surface area contributed by atoms with Crippen LogP contribution in [0, 0.1) is 6.92 Å². The second-order valence-corrected chi connectivity index (χ2v) is 8.19. The minimum absolute atomic E-state index is 0.0570. The van der Waals surface area contributed by atoms with E-state index in [0.29, 0.717) is 23.9 Å². The second-order valence-electron chi connectivity index (χ2n) is 8.19. The number of hydrogen-bond donors (Lipinski definition) is 1. The van der Waals surface area contributed by atoms with Gasteiger partial charge in [0.1, 0.15) is 0 Å². The SMILES string of the molecule is CCN1CCN(CCCNC(=O)c2ccc(-c3nnc(-c4ccccc4C)o3)cc2)CC1. The lowest BCUT2D eigenvalue weighted by Gasteiger charge is -2.33. The Bertz CT molecular complexity index is 1020. The molecule has 7 heteroatoms. The van der Waals surface area contributed by atoms with Gasteiger partial charge in [-0.1, -0.05) is 25.1 Å². The van der Waals surface area contributed by atoms with Gasteiger partial charge in [0.05, 0.1) is 0 Å². The summed E-state index contributed by atoms with van der Waals surface area (Å²) in [6, 6.07) is 15.2. The summed E-state index contributed by atoms with van der Waals surface area (Å²) in [5.74, 6) is 0.882. The molecule has 1 aliphatic heterocycles. The van der Waals surface area contributed by atoms with Gasteiger partial charge < -0.3 is 19.5 Å². The predicted molar refractivity (Wildman–Crippen MR) is 125 cm³/mol. The number of benzene rings is 2. The van der Waals surface area contributed by atoms with Crippen molar-refractivity contribution in [2.24, 2.45) is 0 Å². The fraction of sp³-hybridized carbons (Fsp3) is 0.400. The van der Waals surface area contributed by atoms with Crippen LogP contribution >= 0.6 is 0 Å². The van der Waals surface area contributed by atoms with E-state index in [1.165, 1.54) is 0 Å². The molecule has 1 aliphatic rings. The number of carbonyl (C=O) groups excluding carboxylic acids is 1. The first-order valence-corrected chi connectivity index (χ1v) is 11.4. The summed E-state index contributed by atoms with van der Waals surface area (Å²) < 4.78 is 5.86. The van der Waals surface area contributed by atoms with E-state index in [9.17, 15) is 4.79 Å². The van der Waals surface area contributed by atoms with Crippen molar-refractivity contribution in [2.45, 2.75) is 20.3 Å². The largest absolute Gasteiger partial charge is 0.416 e. The topological polar surface area (TPSA) is 74.5 Å². The number of aryl methyl sites for hydroxylation is 1. The van der Waals surface area contributed by atoms with Crippen LogP contribution in [0.2, 0.25) is 0 Å². The minimum atomic E-state index is -0.0570. The molecule has 4 rings (SSSR count). The number of aromatic nitrogens is 2. The van der Waals surface area contributed by atoms with E-state index in [2.05, 4.69) is 32.2 Å². The quantitative estimate of drug-likeness (QED) is 0.549. The molecule has 0 spiro atoms. The van der Waals surface area contributed by atoms with Crippen molar-refractivity contribution >= 4 is 5.91 Å². The van der Waals surface area contributed by atoms with Crippen LogP contribution in [0.25, 0.3) is 22.9 Å². The van der Waals surface area contributed by atoms with E-state index >= 15 is 0 Å². The second kappa shape index (κ2) is 10.5. The lowest BCUT2D eigenvalue weighted by Crippen LogP contribution is -2.46. The Hall–Kier alpha value is -3.03. The lowest BCUT2D eigenvalue weighted by molar-refractivity contribution is 0.0948. The summed E-state index contributed by atoms with van der Waals surface area (Å²) in [6.45, 7) is 11.6. The van der Waals surface area contributed by atoms with Gasteiger partial charge in [-0.25, -0.2) is 0 Å². The van der Waals surface area contributed by atoms with E-state index in [-0.39, 0.29) is 5.91 Å². The standard InChI is InChI=1S/C25H31N5O2/c1-3-29-15-17-30(18-16-29)14-6-13-26-23(31)20-9-11-21(12-10-20)24-27-28-25(32-24)22-8-5-4-7-19(22)2/h4-5,7-12H,3,6,13-18H2,1-2H3,(H,26,31). The molecule has 1 saturated heterocycles. The molecule has 1 aromatic heterocycles. The summed E-state index contributed by atoms with van der Waals surface area (Å²) in [6.07, 6.45) is 0.958. The summed E-state index contributed by atoms with van der Waals surface area (Å²) in [5.41, 5.74) is 3.43. The molecule has 168 valence electrons. The minimum Gasteiger partial charge on any atom is -0.416 e. The van der Waals surface area contributed by atoms with Crippen molar-refractivity contribution in [2.75, 3.05) is 45.8 Å². The molecule has 0 atom stereocenters. The normalized spacial score (nSPS) is 15.1. The van der Waals surface area contributed by atoms with Gasteiger partial charge in [0, 0.05) is 49.4 Å². The number of rotatable bonds is 8. The average Bonchev–Trinajstić information content (AvgIpc) is 3.32. The highest BCUT2D eigenvalue weighted by Gasteiger charge is 2.15. The number of amides is 1. The van der Waals surface area contributed by atoms with Crippen LogP contribution in [0.1, 0.15) is 29.3 Å². The third-order valence-electron chi connectivity index (χ3n) is 6.04. The molecule has 7 nitrogen and oxygen atoms in total. The Balaban J connectivity index is 1.26. The number of piperazine rings is 1. The van der Waals surface area contributed by atoms with E-state index in [4.69, 9.17) is 4.42 Å². The maximum absolute atomic E-state index is 12.5. The summed E-state index contributed by atoms with van der Waals surface area (Å²) >= 11 is 0. The van der Waals surface area contributed by atoms with Crippen LogP contribution < -0.4 is 5.32 Å². The van der Waals surface area contributed by atoms with Crippen molar-refractivity contribution in [3.05, 3.63) is 59.7 Å². The van der Waals surface area contributed by atoms with E-state index in [1.54, 1.807) is 12.1 Å². The van der Waals surface area contributed by atoms with Crippen LogP contribution in [-0.4, -0.2) is 71.7 Å². The summed E-state index contributed by atoms with van der Waals surface area (Å²) in [7, 11) is 0. The zero-order valence-corrected chi connectivity index (χ0v) is 18.9. The molecule has 0 bridgehead atoms. The van der Waals surface area contributed by atoms with Gasteiger partial charge in [-0.15, -0.1) is 10.2 Å². The van der Waals surface area contributed by atoms with E-state index in [1.807, 2.05) is 43.3 Å². The molecule has 32 heavy (non-hydrogen) atoms. The molecule has 0 radical (unpaired) electrons. The van der Waals surface area contributed by atoms with Gasteiger partial charge in [-0.2, -0.15) is 0 Å². The third kappa shape index (κ3) is 5.41. The molecule has 2 heterocycles. The zero-order chi connectivity index (χ0) is 22.3. The molecular weight excluding hydrogens is 402 g/mol. The molecule has 1 amide bonds. The van der Waals surface area contributed by atoms with Gasteiger partial charge in [-0.3, -0.25) is 4.79 Å². The molecule has 2 aromatic carbocycles. The number of nitrogens with zero attached hydrogens (tertiary/aromatic N) is 4. The molecule has 0 unspecified atom stereocenters. The van der Waals surface area contributed by atoms with Gasteiger partial charge in [0.25, 0.3) is 5.91 Å². The number of hydrogen-bond acceptors (Lipinski definition) is 6. The van der Waals surface area contributed by atoms with Gasteiger partial charge in [0.2, 0.25) is 11.8 Å². The third-order valence-corrected chi connectivity index (χ3v) is 6.04. The highest BCUT2D eigenvalue weighted by atomic mass is 16.4. The Morgan fingerprint density at radius 1 is 0.969 bits per heavy atom. The zero-order valence-electron chi connectivity index (χ0n) is 18.9. The Morgan fingerprint density at radius 2 is 1.66 bits per heavy atom. The molecule has 1 N–H and O–H groups in total. The number of likely N-dealkylation sites (N-methyl/N-ethyl adjacent to an activating group) is 1. The Kier molecular flexibility index (Phi) is 7.29. The highest BCUT2D eigenvalue weighted by molar-refractivity contribution is 5.94. The first-order chi connectivity index (χ1) is 15.6. The predicted octanol–water partition coefficient (Wildman–Crippen LogP) is 3.47. The van der Waals surface area contributed by atoms with Gasteiger partial charge in [0.15, 0.2) is 0 Å². The van der Waals surface area contributed by atoms with Crippen LogP contribution in [0.15, 0.2) is 52.9 Å². The van der Waals surface area contributed by atoms with E-state index < -0.39 is 0 Å². The first kappa shape index (κ1) is 22.2. The Labute approximate surface area is 189 Å². The highest BCUT2D eigenvalue weighted by Crippen LogP contribution is 2.26. The van der Waals surface area contributed by atoms with Crippen LogP contribution in [-0.2, 0) is 0 Å². The molecule has 0 aliphatic carbocycles. The van der Waals surface area contributed by atoms with Crippen LogP contribution in [0.3, 0.4) is 0 Å². The maximum Gasteiger partial charge on any atom is 0.251 e. The smallest absolute Gasteiger partial charge is 0.251 e. The number of nitrogens with one attached hydrogen (secondary N) is 1. The van der Waals surface area contributed by atoms with Gasteiger partial charge >= 0.3 is 0 Å². The van der Waals surface area contributed by atoms with Crippen LogP contribution in [0.5, 0.6) is 0 Å². The molecule has 3 aromatic rings. The summed E-state index contributed by atoms with van der Waals surface area (Å²) in [5, 5.41) is 11.4. The van der Waals surface area contributed by atoms with Crippen LogP contribution in [0.4, 0.5) is 0 Å². The van der Waals surface area contributed by atoms with E-state index in [0.717, 1.165) is 62.4 Å². The summed E-state index contributed by atoms with van der Waals surface area (Å²) in [4.78, 5) is 17.4. The molecule has 1 fully saturated rings. The van der Waals surface area contributed by atoms with Crippen molar-refractivity contribution in [3.63, 3.8) is 0 Å². The van der Waals surface area contributed by atoms with Crippen molar-refractivity contribution in [1.29, 1.82) is 0 Å². The van der Waals surface area contributed by atoms with Crippen molar-refractivity contribution in [1.82, 2.24) is 25.3 Å². The van der Waals surface area contributed by atoms with Crippen molar-refractivity contribution < 1.29 is 9.21 Å². The molecular formula is C25H31N5O2. The first-order valence-electron chi connectivity index (χ1n) is 11.4. The van der Waals surface area contributed by atoms with Crippen molar-refractivity contribution in [3.8, 4) is 22.9 Å².